The average molecular weight is 320 g/mol. The third-order valence-electron chi connectivity index (χ3n) is 3.21. The van der Waals surface area contributed by atoms with E-state index in [-0.39, 0.29) is 37.3 Å². The van der Waals surface area contributed by atoms with Crippen LogP contribution in [0.5, 0.6) is 0 Å². The number of ether oxygens (including phenoxy) is 4. The van der Waals surface area contributed by atoms with Gasteiger partial charge in [0.2, 0.25) is 0 Å². The van der Waals surface area contributed by atoms with Crippen LogP contribution in [0.2, 0.25) is 0 Å². The zero-order chi connectivity index (χ0) is 16.6. The van der Waals surface area contributed by atoms with Crippen LogP contribution < -0.4 is 0 Å². The molecule has 0 aromatic rings. The van der Waals surface area contributed by atoms with Gasteiger partial charge in [0, 0.05) is 10.8 Å². The van der Waals surface area contributed by atoms with Gasteiger partial charge >= 0.3 is 0 Å². The van der Waals surface area contributed by atoms with E-state index in [1.54, 1.807) is 0 Å². The average Bonchev–Trinajstić information content (AvgIpc) is 2.36. The van der Waals surface area contributed by atoms with Crippen molar-refractivity contribution in [2.24, 2.45) is 10.8 Å². The third kappa shape index (κ3) is 9.02. The van der Waals surface area contributed by atoms with Gasteiger partial charge in [-0.2, -0.15) is 0 Å². The summed E-state index contributed by atoms with van der Waals surface area (Å²) in [6.45, 7) is 10.9. The van der Waals surface area contributed by atoms with E-state index in [1.165, 1.54) is 0 Å². The first-order valence-electron chi connectivity index (χ1n) is 7.87. The molecular formula is C16H32O6. The molecule has 0 aromatic heterocycles. The van der Waals surface area contributed by atoms with E-state index in [0.717, 1.165) is 0 Å². The highest BCUT2D eigenvalue weighted by Crippen LogP contribution is 2.18. The molecule has 1 rings (SSSR count). The Morgan fingerprint density at radius 1 is 0.591 bits per heavy atom. The maximum Gasteiger partial charge on any atom is 0.101 e. The SMILES string of the molecule is CC1(C)COCC(O)COCC(C)(C)COCC(O)COC1. The standard InChI is InChI=1S/C16H32O6/c1-15(2)9-19-5-13(17)7-21-11-16(3,4)12-22-8-14(18)6-20-10-15/h13-14,17-18H,5-12H2,1-4H3. The first-order valence-corrected chi connectivity index (χ1v) is 7.87. The monoisotopic (exact) mass is 320 g/mol. The van der Waals surface area contributed by atoms with E-state index in [9.17, 15) is 10.2 Å². The molecule has 0 aromatic carbocycles. The summed E-state index contributed by atoms with van der Waals surface area (Å²) < 4.78 is 22.2. The Bertz CT molecular complexity index is 251. The highest BCUT2D eigenvalue weighted by molar-refractivity contribution is 4.70. The molecule has 0 radical (unpaired) electrons. The summed E-state index contributed by atoms with van der Waals surface area (Å²) in [7, 11) is 0. The van der Waals surface area contributed by atoms with Crippen molar-refractivity contribution >= 4 is 0 Å². The van der Waals surface area contributed by atoms with Crippen molar-refractivity contribution in [3.05, 3.63) is 0 Å². The topological polar surface area (TPSA) is 77.4 Å². The maximum absolute atomic E-state index is 9.85. The molecule has 132 valence electrons. The molecule has 0 spiro atoms. The summed E-state index contributed by atoms with van der Waals surface area (Å²) in [6.07, 6.45) is -1.27. The largest absolute Gasteiger partial charge is 0.388 e. The zero-order valence-electron chi connectivity index (χ0n) is 14.3. The Morgan fingerprint density at radius 3 is 1.05 bits per heavy atom. The summed E-state index contributed by atoms with van der Waals surface area (Å²) in [5.41, 5.74) is -0.361. The van der Waals surface area contributed by atoms with Crippen LogP contribution in [0.1, 0.15) is 27.7 Å². The van der Waals surface area contributed by atoms with Crippen LogP contribution in [0.15, 0.2) is 0 Å². The van der Waals surface area contributed by atoms with E-state index >= 15 is 0 Å². The molecule has 0 aliphatic carbocycles. The van der Waals surface area contributed by atoms with Gasteiger partial charge in [-0.05, 0) is 0 Å². The molecule has 0 unspecified atom stereocenters. The summed E-state index contributed by atoms with van der Waals surface area (Å²) >= 11 is 0. The predicted octanol–water partition coefficient (Wildman–Crippen LogP) is 0.841. The van der Waals surface area contributed by atoms with Crippen LogP contribution in [0.25, 0.3) is 0 Å². The van der Waals surface area contributed by atoms with Gasteiger partial charge in [-0.3, -0.25) is 0 Å². The van der Waals surface area contributed by atoms with Gasteiger partial charge in [0.15, 0.2) is 0 Å². The Morgan fingerprint density at radius 2 is 0.818 bits per heavy atom. The molecule has 1 heterocycles. The second-order valence-electron chi connectivity index (χ2n) is 7.70. The fourth-order valence-corrected chi connectivity index (χ4v) is 2.06. The van der Waals surface area contributed by atoms with E-state index in [1.807, 2.05) is 27.7 Å². The minimum absolute atomic E-state index is 0.180. The van der Waals surface area contributed by atoms with Gasteiger partial charge in [-0.15, -0.1) is 0 Å². The molecule has 2 N–H and O–H groups in total. The number of aliphatic hydroxyl groups excluding tert-OH is 2. The molecule has 6 heteroatoms. The summed E-state index contributed by atoms with van der Waals surface area (Å²) in [5.74, 6) is 0. The van der Waals surface area contributed by atoms with Crippen molar-refractivity contribution in [3.63, 3.8) is 0 Å². The van der Waals surface area contributed by atoms with Crippen LogP contribution in [-0.4, -0.2) is 75.3 Å². The molecule has 0 saturated carbocycles. The smallest absolute Gasteiger partial charge is 0.101 e. The number of hydrogen-bond donors (Lipinski definition) is 2. The lowest BCUT2D eigenvalue weighted by Gasteiger charge is -2.28. The first-order chi connectivity index (χ1) is 10.2. The molecule has 22 heavy (non-hydrogen) atoms. The van der Waals surface area contributed by atoms with Crippen molar-refractivity contribution in [2.75, 3.05) is 52.9 Å². The van der Waals surface area contributed by atoms with Crippen LogP contribution in [0, 0.1) is 10.8 Å². The quantitative estimate of drug-likeness (QED) is 0.689. The molecule has 1 aliphatic rings. The number of hydrogen-bond acceptors (Lipinski definition) is 6. The highest BCUT2D eigenvalue weighted by atomic mass is 16.5. The lowest BCUT2D eigenvalue weighted by molar-refractivity contribution is -0.0916. The number of aliphatic hydroxyl groups is 2. The van der Waals surface area contributed by atoms with E-state index < -0.39 is 12.2 Å². The zero-order valence-corrected chi connectivity index (χ0v) is 14.3. The van der Waals surface area contributed by atoms with Crippen LogP contribution in [0.4, 0.5) is 0 Å². The summed E-state index contributed by atoms with van der Waals surface area (Å²) in [6, 6.07) is 0. The normalized spacial score (nSPS) is 32.5. The molecule has 0 bridgehead atoms. The van der Waals surface area contributed by atoms with Crippen molar-refractivity contribution < 1.29 is 29.2 Å². The van der Waals surface area contributed by atoms with Crippen molar-refractivity contribution in [1.29, 1.82) is 0 Å². The van der Waals surface area contributed by atoms with Gasteiger partial charge in [0.05, 0.1) is 52.9 Å². The number of rotatable bonds is 0. The molecule has 0 amide bonds. The Balaban J connectivity index is 2.51. The first kappa shape index (κ1) is 19.8. The minimum Gasteiger partial charge on any atom is -0.388 e. The van der Waals surface area contributed by atoms with Crippen molar-refractivity contribution in [2.45, 2.75) is 39.9 Å². The summed E-state index contributed by atoms with van der Waals surface area (Å²) in [4.78, 5) is 0. The fourth-order valence-electron chi connectivity index (χ4n) is 2.06. The third-order valence-corrected chi connectivity index (χ3v) is 3.21. The minimum atomic E-state index is -0.636. The Kier molecular flexibility index (Phi) is 8.24. The van der Waals surface area contributed by atoms with Gasteiger partial charge < -0.3 is 29.2 Å². The van der Waals surface area contributed by atoms with Gasteiger partial charge in [-0.1, -0.05) is 27.7 Å². The van der Waals surface area contributed by atoms with Crippen LogP contribution in [-0.2, 0) is 18.9 Å². The van der Waals surface area contributed by atoms with Crippen LogP contribution >= 0.6 is 0 Å². The van der Waals surface area contributed by atoms with Gasteiger partial charge in [-0.25, -0.2) is 0 Å². The summed E-state index contributed by atoms with van der Waals surface area (Å²) in [5, 5.41) is 19.7. The lowest BCUT2D eigenvalue weighted by atomic mass is 9.96. The Labute approximate surface area is 133 Å². The molecular weight excluding hydrogens is 288 g/mol. The fraction of sp³-hybridized carbons (Fsp3) is 1.00. The predicted molar refractivity (Wildman–Crippen MR) is 82.9 cm³/mol. The van der Waals surface area contributed by atoms with E-state index in [4.69, 9.17) is 18.9 Å². The van der Waals surface area contributed by atoms with Crippen molar-refractivity contribution in [1.82, 2.24) is 0 Å². The maximum atomic E-state index is 9.85. The van der Waals surface area contributed by atoms with Crippen LogP contribution in [0.3, 0.4) is 0 Å². The second-order valence-corrected chi connectivity index (χ2v) is 7.70. The highest BCUT2D eigenvalue weighted by Gasteiger charge is 2.23. The van der Waals surface area contributed by atoms with E-state index in [2.05, 4.69) is 0 Å². The van der Waals surface area contributed by atoms with Gasteiger partial charge in [0.1, 0.15) is 12.2 Å². The molecule has 1 saturated heterocycles. The molecule has 1 fully saturated rings. The molecule has 1 aliphatic heterocycles. The second kappa shape index (κ2) is 9.15. The van der Waals surface area contributed by atoms with Gasteiger partial charge in [0.25, 0.3) is 0 Å². The van der Waals surface area contributed by atoms with E-state index in [0.29, 0.717) is 26.4 Å². The Hall–Kier alpha value is -0.240. The van der Waals surface area contributed by atoms with Crippen molar-refractivity contribution in [3.8, 4) is 0 Å². The lowest BCUT2D eigenvalue weighted by Crippen LogP contribution is -2.34. The molecule has 0 atom stereocenters. The molecule has 6 nitrogen and oxygen atoms in total.